The molecule has 1 amide bonds. The fraction of sp³-hybridized carbons (Fsp3) is 0.350. The zero-order valence-electron chi connectivity index (χ0n) is 15.0. The maximum atomic E-state index is 12.0. The Morgan fingerprint density at radius 3 is 2.32 bits per heavy atom. The Kier molecular flexibility index (Phi) is 7.14. The smallest absolute Gasteiger partial charge is 0.220 e. The maximum Gasteiger partial charge on any atom is 0.220 e. The number of para-hydroxylation sites is 1. The van der Waals surface area contributed by atoms with E-state index in [1.54, 1.807) is 21.3 Å². The number of ether oxygens (including phenoxy) is 3. The zero-order chi connectivity index (χ0) is 18.1. The molecular weight excluding hydrogens is 318 g/mol. The van der Waals surface area contributed by atoms with Crippen molar-refractivity contribution in [2.45, 2.75) is 19.3 Å². The number of rotatable bonds is 9. The van der Waals surface area contributed by atoms with E-state index in [9.17, 15) is 4.79 Å². The Morgan fingerprint density at radius 2 is 1.60 bits per heavy atom. The summed E-state index contributed by atoms with van der Waals surface area (Å²) in [6.07, 6.45) is 1.83. The van der Waals surface area contributed by atoms with Gasteiger partial charge in [0.1, 0.15) is 5.75 Å². The third kappa shape index (κ3) is 5.41. The normalized spacial score (nSPS) is 10.2. The lowest BCUT2D eigenvalue weighted by Gasteiger charge is -2.10. The number of hydrogen-bond acceptors (Lipinski definition) is 4. The first-order valence-corrected chi connectivity index (χ1v) is 8.27. The van der Waals surface area contributed by atoms with Crippen LogP contribution in [0, 0.1) is 0 Å². The molecule has 0 saturated carbocycles. The summed E-state index contributed by atoms with van der Waals surface area (Å²) in [5.41, 5.74) is 2.13. The van der Waals surface area contributed by atoms with Gasteiger partial charge in [-0.1, -0.05) is 24.3 Å². The summed E-state index contributed by atoms with van der Waals surface area (Å²) in [6, 6.07) is 13.5. The lowest BCUT2D eigenvalue weighted by Crippen LogP contribution is -2.26. The number of hydrogen-bond donors (Lipinski definition) is 1. The number of amides is 1. The third-order valence-electron chi connectivity index (χ3n) is 4.00. The molecule has 0 aromatic heterocycles. The molecule has 0 heterocycles. The average molecular weight is 343 g/mol. The first kappa shape index (κ1) is 18.6. The number of carbonyl (C=O) groups excluding carboxylic acids is 1. The van der Waals surface area contributed by atoms with E-state index < -0.39 is 0 Å². The molecule has 5 heteroatoms. The SMILES string of the molecule is COc1ccccc1CCNC(=O)CCc1ccc(OC)c(OC)c1. The molecule has 0 aliphatic carbocycles. The molecule has 0 aliphatic rings. The van der Waals surface area contributed by atoms with Crippen LogP contribution in [-0.4, -0.2) is 33.8 Å². The summed E-state index contributed by atoms with van der Waals surface area (Å²) in [5.74, 6) is 2.25. The van der Waals surface area contributed by atoms with Crippen molar-refractivity contribution in [1.82, 2.24) is 5.32 Å². The molecule has 0 aliphatic heterocycles. The Labute approximate surface area is 148 Å². The molecular formula is C20H25NO4. The molecule has 5 nitrogen and oxygen atoms in total. The predicted molar refractivity (Wildman–Crippen MR) is 97.6 cm³/mol. The Bertz CT molecular complexity index is 700. The van der Waals surface area contributed by atoms with Crippen molar-refractivity contribution in [3.05, 3.63) is 53.6 Å². The van der Waals surface area contributed by atoms with Gasteiger partial charge in [0.15, 0.2) is 11.5 Å². The van der Waals surface area contributed by atoms with E-state index in [-0.39, 0.29) is 5.91 Å². The minimum Gasteiger partial charge on any atom is -0.496 e. The van der Waals surface area contributed by atoms with Gasteiger partial charge in [-0.3, -0.25) is 4.79 Å². The molecule has 0 radical (unpaired) electrons. The van der Waals surface area contributed by atoms with Crippen LogP contribution < -0.4 is 19.5 Å². The van der Waals surface area contributed by atoms with E-state index in [0.29, 0.717) is 30.9 Å². The van der Waals surface area contributed by atoms with Gasteiger partial charge in [-0.25, -0.2) is 0 Å². The van der Waals surface area contributed by atoms with Gasteiger partial charge in [0.25, 0.3) is 0 Å². The summed E-state index contributed by atoms with van der Waals surface area (Å²) in [5, 5.41) is 2.95. The van der Waals surface area contributed by atoms with Gasteiger partial charge >= 0.3 is 0 Å². The molecule has 2 aromatic carbocycles. The van der Waals surface area contributed by atoms with E-state index in [1.807, 2.05) is 42.5 Å². The lowest BCUT2D eigenvalue weighted by molar-refractivity contribution is -0.121. The van der Waals surface area contributed by atoms with Crippen molar-refractivity contribution in [1.29, 1.82) is 0 Å². The van der Waals surface area contributed by atoms with Crippen molar-refractivity contribution in [3.8, 4) is 17.2 Å². The van der Waals surface area contributed by atoms with E-state index in [4.69, 9.17) is 14.2 Å². The Hall–Kier alpha value is -2.69. The third-order valence-corrected chi connectivity index (χ3v) is 4.00. The van der Waals surface area contributed by atoms with Crippen molar-refractivity contribution in [2.24, 2.45) is 0 Å². The second kappa shape index (κ2) is 9.57. The van der Waals surface area contributed by atoms with Gasteiger partial charge in [-0.05, 0) is 42.2 Å². The lowest BCUT2D eigenvalue weighted by atomic mass is 10.1. The van der Waals surface area contributed by atoms with Gasteiger partial charge < -0.3 is 19.5 Å². The second-order valence-corrected chi connectivity index (χ2v) is 5.60. The van der Waals surface area contributed by atoms with Crippen LogP contribution in [0.4, 0.5) is 0 Å². The van der Waals surface area contributed by atoms with Gasteiger partial charge in [0.05, 0.1) is 21.3 Å². The molecule has 25 heavy (non-hydrogen) atoms. The molecule has 2 aromatic rings. The number of benzene rings is 2. The highest BCUT2D eigenvalue weighted by molar-refractivity contribution is 5.76. The van der Waals surface area contributed by atoms with Crippen molar-refractivity contribution < 1.29 is 19.0 Å². The number of aryl methyl sites for hydroxylation is 1. The van der Waals surface area contributed by atoms with Crippen LogP contribution in [0.3, 0.4) is 0 Å². The van der Waals surface area contributed by atoms with Crippen molar-refractivity contribution in [2.75, 3.05) is 27.9 Å². The van der Waals surface area contributed by atoms with Gasteiger partial charge in [-0.2, -0.15) is 0 Å². The largest absolute Gasteiger partial charge is 0.496 e. The summed E-state index contributed by atoms with van der Waals surface area (Å²) in [7, 11) is 4.86. The van der Waals surface area contributed by atoms with E-state index >= 15 is 0 Å². The Balaban J connectivity index is 1.79. The summed E-state index contributed by atoms with van der Waals surface area (Å²) < 4.78 is 15.8. The highest BCUT2D eigenvalue weighted by atomic mass is 16.5. The van der Waals surface area contributed by atoms with Crippen LogP contribution in [0.25, 0.3) is 0 Å². The molecule has 0 saturated heterocycles. The number of methoxy groups -OCH3 is 3. The summed E-state index contributed by atoms with van der Waals surface area (Å²) >= 11 is 0. The van der Waals surface area contributed by atoms with Crippen LogP contribution in [-0.2, 0) is 17.6 Å². The minimum atomic E-state index is 0.0321. The highest BCUT2D eigenvalue weighted by Gasteiger charge is 2.07. The maximum absolute atomic E-state index is 12.0. The van der Waals surface area contributed by atoms with Gasteiger partial charge in [-0.15, -0.1) is 0 Å². The van der Waals surface area contributed by atoms with Crippen LogP contribution in [0.1, 0.15) is 17.5 Å². The molecule has 2 rings (SSSR count). The molecule has 134 valence electrons. The molecule has 0 spiro atoms. The van der Waals surface area contributed by atoms with Crippen LogP contribution >= 0.6 is 0 Å². The quantitative estimate of drug-likeness (QED) is 0.760. The van der Waals surface area contributed by atoms with Gasteiger partial charge in [0.2, 0.25) is 5.91 Å². The molecule has 0 atom stereocenters. The number of carbonyl (C=O) groups is 1. The molecule has 0 bridgehead atoms. The van der Waals surface area contributed by atoms with Gasteiger partial charge in [0, 0.05) is 13.0 Å². The fourth-order valence-electron chi connectivity index (χ4n) is 2.63. The highest BCUT2D eigenvalue weighted by Crippen LogP contribution is 2.27. The average Bonchev–Trinajstić information content (AvgIpc) is 2.66. The topological polar surface area (TPSA) is 56.8 Å². The predicted octanol–water partition coefficient (Wildman–Crippen LogP) is 3.00. The van der Waals surface area contributed by atoms with Crippen LogP contribution in [0.5, 0.6) is 17.2 Å². The number of nitrogens with one attached hydrogen (secondary N) is 1. The molecule has 1 N–H and O–H groups in total. The van der Waals surface area contributed by atoms with Crippen LogP contribution in [0.2, 0.25) is 0 Å². The van der Waals surface area contributed by atoms with Crippen LogP contribution in [0.15, 0.2) is 42.5 Å². The van der Waals surface area contributed by atoms with Crippen molar-refractivity contribution >= 4 is 5.91 Å². The van der Waals surface area contributed by atoms with E-state index in [1.165, 1.54) is 0 Å². The van der Waals surface area contributed by atoms with E-state index in [2.05, 4.69) is 5.32 Å². The monoisotopic (exact) mass is 343 g/mol. The molecule has 0 unspecified atom stereocenters. The van der Waals surface area contributed by atoms with Crippen molar-refractivity contribution in [3.63, 3.8) is 0 Å². The summed E-state index contributed by atoms with van der Waals surface area (Å²) in [6.45, 7) is 0.588. The second-order valence-electron chi connectivity index (χ2n) is 5.60. The zero-order valence-corrected chi connectivity index (χ0v) is 15.0. The first-order valence-electron chi connectivity index (χ1n) is 8.27. The van der Waals surface area contributed by atoms with E-state index in [0.717, 1.165) is 23.3 Å². The molecule has 0 fully saturated rings. The Morgan fingerprint density at radius 1 is 0.880 bits per heavy atom. The first-order chi connectivity index (χ1) is 12.2. The summed E-state index contributed by atoms with van der Waals surface area (Å²) in [4.78, 5) is 12.0. The minimum absolute atomic E-state index is 0.0321. The standard InChI is InChI=1S/C20H25NO4/c1-23-17-7-5-4-6-16(17)12-13-21-20(22)11-9-15-8-10-18(24-2)19(14-15)25-3/h4-8,10,14H,9,11-13H2,1-3H3,(H,21,22). The fourth-order valence-corrected chi connectivity index (χ4v) is 2.63.